The average Bonchev–Trinajstić information content (AvgIpc) is 4.17. The number of allylic oxidation sites excluding steroid dienone is 4. The van der Waals surface area contributed by atoms with E-state index in [2.05, 4.69) is 179 Å². The van der Waals surface area contributed by atoms with Gasteiger partial charge in [0.1, 0.15) is 11.5 Å². The fourth-order valence-corrected chi connectivity index (χ4v) is 15.7. The summed E-state index contributed by atoms with van der Waals surface area (Å²) in [6, 6.07) is 64.5. The van der Waals surface area contributed by atoms with Crippen LogP contribution in [0, 0.1) is 0 Å². The maximum atomic E-state index is 10.4. The summed E-state index contributed by atoms with van der Waals surface area (Å²) in [5, 5.41) is 8.61. The zero-order chi connectivity index (χ0) is 42.2. The Morgan fingerprint density at radius 1 is 0.672 bits per heavy atom. The lowest BCUT2D eigenvalue weighted by Crippen LogP contribution is -2.75. The van der Waals surface area contributed by atoms with E-state index in [1.807, 2.05) is 41.1 Å². The topological polar surface area (TPSA) is 31.5 Å². The van der Waals surface area contributed by atoms with E-state index < -0.39 is 19.9 Å². The molecule has 0 saturated carbocycles. The van der Waals surface area contributed by atoms with Gasteiger partial charge in [-0.1, -0.05) is 157 Å². The van der Waals surface area contributed by atoms with Crippen molar-refractivity contribution in [3.63, 3.8) is 0 Å². The number of thiophene rings is 1. The smallest absolute Gasteiger partial charge is 0.220 e. The number of ether oxygens (including phenoxy) is 1. The minimum absolute atomic E-state index is 0.471. The van der Waals surface area contributed by atoms with Gasteiger partial charge in [0.05, 0.1) is 22.1 Å². The molecule has 10 aromatic rings. The van der Waals surface area contributed by atoms with Crippen molar-refractivity contribution in [1.82, 2.24) is 14.0 Å². The molecule has 7 aromatic carbocycles. The van der Waals surface area contributed by atoms with Crippen molar-refractivity contribution in [3.8, 4) is 17.2 Å². The highest BCUT2D eigenvalue weighted by Crippen LogP contribution is 2.53. The van der Waals surface area contributed by atoms with Crippen LogP contribution in [0.25, 0.3) is 33.5 Å². The van der Waals surface area contributed by atoms with Crippen LogP contribution in [-0.4, -0.2) is 22.0 Å². The van der Waals surface area contributed by atoms with Crippen LogP contribution in [0.5, 0.6) is 11.5 Å². The second-order valence-corrected chi connectivity index (χ2v) is 20.6. The van der Waals surface area contributed by atoms with Gasteiger partial charge in [0.2, 0.25) is 5.78 Å². The molecular formula is C55H41N3OSSi. The first kappa shape index (κ1) is 33.8. The third-order valence-electron chi connectivity index (χ3n) is 12.7. The van der Waals surface area contributed by atoms with Gasteiger partial charge in [-0.3, -0.25) is 8.97 Å². The number of imidazole rings is 2. The molecule has 3 aromatic heterocycles. The van der Waals surface area contributed by atoms with Crippen molar-refractivity contribution < 1.29 is 7.48 Å². The van der Waals surface area contributed by atoms with E-state index in [0.717, 1.165) is 67.6 Å². The molecule has 0 fully saturated rings. The molecule has 0 saturated heterocycles. The Morgan fingerprint density at radius 2 is 1.36 bits per heavy atom. The van der Waals surface area contributed by atoms with Crippen LogP contribution >= 0.6 is 11.3 Å². The molecule has 4 nitrogen and oxygen atoms in total. The molecule has 1 aliphatic heterocycles. The monoisotopic (exact) mass is 821 g/mol. The van der Waals surface area contributed by atoms with Gasteiger partial charge in [0, 0.05) is 25.0 Å². The van der Waals surface area contributed by atoms with Gasteiger partial charge in [-0.2, -0.15) is 11.3 Å². The Kier molecular flexibility index (Phi) is 7.94. The molecule has 0 amide bonds. The Bertz CT molecular complexity index is 3390. The Labute approximate surface area is 362 Å². The summed E-state index contributed by atoms with van der Waals surface area (Å²) >= 11 is 1.54. The van der Waals surface area contributed by atoms with Gasteiger partial charge < -0.3 is 4.74 Å². The average molecular weight is 822 g/mol. The number of para-hydroxylation sites is 6. The number of fused-ring (bicyclic) bond motifs is 7. The molecule has 1 atom stereocenters. The van der Waals surface area contributed by atoms with E-state index >= 15 is 0 Å². The van der Waals surface area contributed by atoms with E-state index in [1.165, 1.54) is 26.9 Å². The van der Waals surface area contributed by atoms with Crippen LogP contribution in [0.1, 0.15) is 32.3 Å². The van der Waals surface area contributed by atoms with Gasteiger partial charge in [-0.25, -0.2) is 4.98 Å². The maximum absolute atomic E-state index is 10.4. The molecular weight excluding hydrogens is 779 g/mol. The summed E-state index contributed by atoms with van der Waals surface area (Å²) in [6.45, 7) is 0. The summed E-state index contributed by atoms with van der Waals surface area (Å²) in [5.74, 6) is 2.27. The van der Waals surface area contributed by atoms with E-state index in [1.54, 1.807) is 0 Å². The van der Waals surface area contributed by atoms with E-state index in [9.17, 15) is 2.74 Å². The van der Waals surface area contributed by atoms with Gasteiger partial charge in [-0.15, -0.1) is 0 Å². The number of hydrogen-bond donors (Lipinski definition) is 0. The van der Waals surface area contributed by atoms with Crippen LogP contribution in [0.3, 0.4) is 0 Å². The second kappa shape index (κ2) is 14.3. The first-order valence-electron chi connectivity index (χ1n) is 21.9. The zero-order valence-electron chi connectivity index (χ0n) is 35.3. The Balaban J connectivity index is 1.19. The van der Waals surface area contributed by atoms with Crippen molar-refractivity contribution in [2.24, 2.45) is 0 Å². The van der Waals surface area contributed by atoms with E-state index in [0.29, 0.717) is 17.7 Å². The summed E-state index contributed by atoms with van der Waals surface area (Å²) < 4.78 is 32.8. The summed E-state index contributed by atoms with van der Waals surface area (Å²) in [7, 11) is -3.36. The van der Waals surface area contributed by atoms with Crippen molar-refractivity contribution in [2.75, 3.05) is 0 Å². The third-order valence-corrected chi connectivity index (χ3v) is 18.2. The molecule has 0 radical (unpaired) electrons. The molecule has 6 heteroatoms. The fourth-order valence-electron chi connectivity index (χ4n) is 10.2. The molecule has 1 aliphatic carbocycles. The molecule has 0 bridgehead atoms. The van der Waals surface area contributed by atoms with Gasteiger partial charge >= 0.3 is 0 Å². The largest absolute Gasteiger partial charge is 0.457 e. The molecule has 12 rings (SSSR count). The predicted octanol–water partition coefficient (Wildman–Crippen LogP) is 10.8. The van der Waals surface area contributed by atoms with Crippen LogP contribution in [-0.2, 0) is 11.8 Å². The normalized spacial score (nSPS) is 16.6. The number of benzene rings is 7. The number of rotatable bonds is 9. The lowest BCUT2D eigenvalue weighted by atomic mass is 9.65. The number of nitrogens with zero attached hydrogens (tertiary/aromatic N) is 3. The highest BCUT2D eigenvalue weighted by Gasteiger charge is 2.49. The van der Waals surface area contributed by atoms with Crippen molar-refractivity contribution in [2.45, 2.75) is 24.6 Å². The summed E-state index contributed by atoms with van der Waals surface area (Å²) in [5.41, 5.74) is 7.57. The lowest BCUT2D eigenvalue weighted by molar-refractivity contribution is 0.389. The highest BCUT2D eigenvalue weighted by molar-refractivity contribution is 7.20. The molecule has 4 heterocycles. The molecule has 0 spiro atoms. The molecule has 2 aliphatic rings. The summed E-state index contributed by atoms with van der Waals surface area (Å²) in [4.78, 5) is 5.25. The summed E-state index contributed by atoms with van der Waals surface area (Å²) in [6.07, 6.45) is 6.08. The second-order valence-electron chi connectivity index (χ2n) is 16.0. The number of aromatic nitrogens is 3. The van der Waals surface area contributed by atoms with Crippen LogP contribution in [0.15, 0.2) is 217 Å². The standard InChI is InChI=1S/C55H41N3OSSi/c1-3-20-42(21-4-1)61(43-22-5-2-6-23-43,44-24-15-19-41(35-44)57-49-29-12-13-30-50(49)58-48-28-11-10-27-47(48)56-54(57)58)52-32-16-26-46-53(52)59-51-31-14-9-25-45(51)55(46,36-39-17-7-8-18-39)37-40-33-34-60-38-40/h1-7,9-35,38H,8,36-37H2/i37D2. The van der Waals surface area contributed by atoms with Crippen LogP contribution in [0.2, 0.25) is 0 Å². The minimum Gasteiger partial charge on any atom is -0.457 e. The lowest BCUT2D eigenvalue weighted by Gasteiger charge is -2.44. The van der Waals surface area contributed by atoms with Gasteiger partial charge in [0.25, 0.3) is 0 Å². The molecule has 292 valence electrons. The highest BCUT2D eigenvalue weighted by atomic mass is 32.1. The van der Waals surface area contributed by atoms with E-state index in [4.69, 9.17) is 9.72 Å². The molecule has 1 unspecified atom stereocenters. The molecule has 0 N–H and O–H groups in total. The van der Waals surface area contributed by atoms with Crippen molar-refractivity contribution >= 4 is 68.0 Å². The SMILES string of the molecule is [2H]C([2H])(c1ccsc1)C1(CC2=CCC=C2)c2ccccc2Oc2c1cccc2[Si](c1ccccc1)(c1ccccc1)c1cccc(-n2c3ccccc3n3c4ccccc4nc23)c1. The van der Waals surface area contributed by atoms with Crippen LogP contribution < -0.4 is 25.5 Å². The Hall–Kier alpha value is -6.99. The third kappa shape index (κ3) is 5.52. The molecule has 61 heavy (non-hydrogen) atoms. The van der Waals surface area contributed by atoms with Gasteiger partial charge in [0.15, 0.2) is 8.07 Å². The van der Waals surface area contributed by atoms with Crippen molar-refractivity contribution in [1.29, 1.82) is 0 Å². The Morgan fingerprint density at radius 3 is 2.13 bits per heavy atom. The quantitative estimate of drug-likeness (QED) is 0.107. The van der Waals surface area contributed by atoms with E-state index in [-0.39, 0.29) is 0 Å². The number of hydrogen-bond acceptors (Lipinski definition) is 3. The first-order valence-corrected chi connectivity index (χ1v) is 23.8. The minimum atomic E-state index is -3.36. The fraction of sp³-hybridized carbons (Fsp3) is 0.0727. The van der Waals surface area contributed by atoms with Crippen LogP contribution in [0.4, 0.5) is 0 Å². The zero-order valence-corrected chi connectivity index (χ0v) is 35.1. The maximum Gasteiger partial charge on any atom is 0.220 e. The predicted molar refractivity (Wildman–Crippen MR) is 255 cm³/mol. The van der Waals surface area contributed by atoms with Crippen molar-refractivity contribution in [3.05, 3.63) is 233 Å². The first-order chi connectivity index (χ1) is 31.0. The van der Waals surface area contributed by atoms with Gasteiger partial charge in [-0.05, 0) is 105 Å².